The molecule has 0 fully saturated rings. The molecule has 6 nitrogen and oxygen atoms in total. The summed E-state index contributed by atoms with van der Waals surface area (Å²) in [5.74, 6) is 0.850. The van der Waals surface area contributed by atoms with Crippen molar-refractivity contribution in [3.8, 4) is 16.3 Å². The summed E-state index contributed by atoms with van der Waals surface area (Å²) < 4.78 is 5.11. The van der Waals surface area contributed by atoms with E-state index in [1.807, 2.05) is 29.1 Å². The molecule has 0 aliphatic carbocycles. The number of aromatic nitrogens is 1. The molecule has 2 aromatic heterocycles. The van der Waals surface area contributed by atoms with Crippen molar-refractivity contribution in [1.29, 1.82) is 0 Å². The van der Waals surface area contributed by atoms with E-state index in [1.165, 1.54) is 11.3 Å². The molecule has 1 aromatic carbocycles. The lowest BCUT2D eigenvalue weighted by Gasteiger charge is -2.17. The molecule has 3 aromatic rings. The quantitative estimate of drug-likeness (QED) is 0.509. The van der Waals surface area contributed by atoms with Crippen LogP contribution in [0.3, 0.4) is 0 Å². The fourth-order valence-electron chi connectivity index (χ4n) is 2.55. The molecule has 152 valence electrons. The second-order valence-corrected chi connectivity index (χ2v) is 8.83. The number of rotatable bonds is 9. The van der Waals surface area contributed by atoms with Crippen molar-refractivity contribution in [1.82, 2.24) is 10.3 Å². The number of thiophene rings is 1. The molecule has 2 heterocycles. The zero-order valence-electron chi connectivity index (χ0n) is 16.0. The molecule has 2 N–H and O–H groups in total. The number of ether oxygens (including phenoxy) is 1. The number of hydrogen-bond acceptors (Lipinski definition) is 7. The minimum atomic E-state index is -0.647. The SMILES string of the molecule is COc1ccc(C(=O)NC(CCSC)C(=O)Nc2nc(-c3cccs3)cs2)cc1. The third-order valence-corrected chi connectivity index (χ3v) is 6.39. The van der Waals surface area contributed by atoms with Crippen LogP contribution >= 0.6 is 34.4 Å². The van der Waals surface area contributed by atoms with Gasteiger partial charge in [0.1, 0.15) is 11.8 Å². The number of nitrogens with one attached hydrogen (secondary N) is 2. The fourth-order valence-corrected chi connectivity index (χ4v) is 4.50. The fraction of sp³-hybridized carbons (Fsp3) is 0.250. The summed E-state index contributed by atoms with van der Waals surface area (Å²) in [6.45, 7) is 0. The van der Waals surface area contributed by atoms with Gasteiger partial charge in [-0.05, 0) is 54.1 Å². The first-order chi connectivity index (χ1) is 14.1. The third kappa shape index (κ3) is 5.81. The van der Waals surface area contributed by atoms with Crippen LogP contribution in [0.4, 0.5) is 5.13 Å². The normalized spacial score (nSPS) is 11.7. The Kier molecular flexibility index (Phi) is 7.68. The van der Waals surface area contributed by atoms with Crippen molar-refractivity contribution in [3.05, 3.63) is 52.7 Å². The first kappa shape index (κ1) is 21.4. The van der Waals surface area contributed by atoms with Gasteiger partial charge in [0.15, 0.2) is 5.13 Å². The van der Waals surface area contributed by atoms with Crippen LogP contribution in [-0.4, -0.2) is 42.0 Å². The van der Waals surface area contributed by atoms with Gasteiger partial charge >= 0.3 is 0 Å². The lowest BCUT2D eigenvalue weighted by atomic mass is 10.1. The van der Waals surface area contributed by atoms with E-state index >= 15 is 0 Å². The molecule has 0 saturated heterocycles. The summed E-state index contributed by atoms with van der Waals surface area (Å²) in [6.07, 6.45) is 2.49. The second-order valence-electron chi connectivity index (χ2n) is 6.04. The average molecular weight is 448 g/mol. The van der Waals surface area contributed by atoms with E-state index in [1.54, 1.807) is 54.5 Å². The minimum absolute atomic E-state index is 0.270. The van der Waals surface area contributed by atoms with E-state index in [2.05, 4.69) is 15.6 Å². The maximum Gasteiger partial charge on any atom is 0.251 e. The van der Waals surface area contributed by atoms with Crippen molar-refractivity contribution in [2.24, 2.45) is 0 Å². The number of thiazole rings is 1. The van der Waals surface area contributed by atoms with Gasteiger partial charge < -0.3 is 15.4 Å². The van der Waals surface area contributed by atoms with Crippen LogP contribution in [0.2, 0.25) is 0 Å². The molecule has 0 aliphatic heterocycles. The Labute approximate surface area is 181 Å². The number of carbonyl (C=O) groups excluding carboxylic acids is 2. The molecule has 1 unspecified atom stereocenters. The Morgan fingerprint density at radius 2 is 2.00 bits per heavy atom. The van der Waals surface area contributed by atoms with E-state index in [4.69, 9.17) is 4.74 Å². The molecule has 0 radical (unpaired) electrons. The van der Waals surface area contributed by atoms with E-state index in [0.29, 0.717) is 22.9 Å². The Hall–Kier alpha value is -2.36. The van der Waals surface area contributed by atoms with Crippen molar-refractivity contribution in [2.75, 3.05) is 24.4 Å². The van der Waals surface area contributed by atoms with E-state index in [0.717, 1.165) is 16.3 Å². The zero-order chi connectivity index (χ0) is 20.6. The number of nitrogens with zero attached hydrogens (tertiary/aromatic N) is 1. The number of methoxy groups -OCH3 is 1. The molecule has 0 bridgehead atoms. The predicted octanol–water partition coefficient (Wildman–Crippen LogP) is 4.37. The Balaban J connectivity index is 1.66. The predicted molar refractivity (Wildman–Crippen MR) is 121 cm³/mol. The largest absolute Gasteiger partial charge is 0.497 e. The molecular formula is C20H21N3O3S3. The zero-order valence-corrected chi connectivity index (χ0v) is 18.5. The summed E-state index contributed by atoms with van der Waals surface area (Å²) in [6, 6.07) is 10.1. The molecule has 0 spiro atoms. The topological polar surface area (TPSA) is 80.3 Å². The molecule has 3 rings (SSSR count). The molecule has 9 heteroatoms. The number of hydrogen-bond donors (Lipinski definition) is 2. The van der Waals surface area contributed by atoms with Crippen molar-refractivity contribution < 1.29 is 14.3 Å². The third-order valence-electron chi connectivity index (χ3n) is 4.09. The van der Waals surface area contributed by atoms with Gasteiger partial charge in [-0.15, -0.1) is 22.7 Å². The highest BCUT2D eigenvalue weighted by atomic mass is 32.2. The van der Waals surface area contributed by atoms with Crippen LogP contribution in [0.1, 0.15) is 16.8 Å². The van der Waals surface area contributed by atoms with Crippen LogP contribution in [0.15, 0.2) is 47.2 Å². The van der Waals surface area contributed by atoms with Gasteiger partial charge in [0.25, 0.3) is 5.91 Å². The van der Waals surface area contributed by atoms with Gasteiger partial charge in [0.05, 0.1) is 17.7 Å². The standard InChI is InChI=1S/C20H21N3O3S3/c1-26-14-7-5-13(6-8-14)18(24)21-15(9-11-27-2)19(25)23-20-22-16(12-29-20)17-4-3-10-28-17/h3-8,10,12,15H,9,11H2,1-2H3,(H,21,24)(H,22,23,25). The summed E-state index contributed by atoms with van der Waals surface area (Å²) in [7, 11) is 1.57. The van der Waals surface area contributed by atoms with Gasteiger partial charge in [0, 0.05) is 10.9 Å². The smallest absolute Gasteiger partial charge is 0.251 e. The highest BCUT2D eigenvalue weighted by Crippen LogP contribution is 2.28. The number of benzene rings is 1. The maximum atomic E-state index is 12.8. The monoisotopic (exact) mass is 447 g/mol. The first-order valence-corrected chi connectivity index (χ1v) is 12.0. The van der Waals surface area contributed by atoms with Gasteiger partial charge in [-0.25, -0.2) is 4.98 Å². The number of thioether (sulfide) groups is 1. The van der Waals surface area contributed by atoms with Crippen molar-refractivity contribution in [2.45, 2.75) is 12.5 Å². The Bertz CT molecular complexity index is 940. The number of carbonyl (C=O) groups is 2. The lowest BCUT2D eigenvalue weighted by Crippen LogP contribution is -2.44. The van der Waals surface area contributed by atoms with E-state index in [9.17, 15) is 9.59 Å². The van der Waals surface area contributed by atoms with Gasteiger partial charge in [0.2, 0.25) is 5.91 Å². The van der Waals surface area contributed by atoms with Crippen LogP contribution in [0.25, 0.3) is 10.6 Å². The highest BCUT2D eigenvalue weighted by Gasteiger charge is 2.22. The van der Waals surface area contributed by atoms with Crippen LogP contribution < -0.4 is 15.4 Å². The molecular weight excluding hydrogens is 426 g/mol. The molecule has 0 aliphatic rings. The minimum Gasteiger partial charge on any atom is -0.497 e. The van der Waals surface area contributed by atoms with Crippen LogP contribution in [0, 0.1) is 0 Å². The summed E-state index contributed by atoms with van der Waals surface area (Å²) in [5.41, 5.74) is 1.31. The van der Waals surface area contributed by atoms with E-state index < -0.39 is 6.04 Å². The molecule has 29 heavy (non-hydrogen) atoms. The van der Waals surface area contributed by atoms with Crippen LogP contribution in [-0.2, 0) is 4.79 Å². The van der Waals surface area contributed by atoms with Crippen molar-refractivity contribution in [3.63, 3.8) is 0 Å². The summed E-state index contributed by atoms with van der Waals surface area (Å²) >= 11 is 4.59. The molecule has 1 atom stereocenters. The first-order valence-electron chi connectivity index (χ1n) is 8.85. The Morgan fingerprint density at radius 3 is 2.66 bits per heavy atom. The Morgan fingerprint density at radius 1 is 1.21 bits per heavy atom. The van der Waals surface area contributed by atoms with Crippen LogP contribution in [0.5, 0.6) is 5.75 Å². The second kappa shape index (κ2) is 10.4. The number of anilines is 1. The highest BCUT2D eigenvalue weighted by molar-refractivity contribution is 7.98. The molecule has 2 amide bonds. The average Bonchev–Trinajstić information content (AvgIpc) is 3.42. The molecule has 0 saturated carbocycles. The lowest BCUT2D eigenvalue weighted by molar-refractivity contribution is -0.118. The van der Waals surface area contributed by atoms with Gasteiger partial charge in [-0.1, -0.05) is 6.07 Å². The van der Waals surface area contributed by atoms with Crippen molar-refractivity contribution >= 4 is 51.4 Å². The number of amides is 2. The van der Waals surface area contributed by atoms with Gasteiger partial charge in [-0.3, -0.25) is 9.59 Å². The van der Waals surface area contributed by atoms with Gasteiger partial charge in [-0.2, -0.15) is 11.8 Å². The summed E-state index contributed by atoms with van der Waals surface area (Å²) in [4.78, 5) is 30.9. The summed E-state index contributed by atoms with van der Waals surface area (Å²) in [5, 5.41) is 10.1. The van der Waals surface area contributed by atoms with E-state index in [-0.39, 0.29) is 11.8 Å². The maximum absolute atomic E-state index is 12.8.